The molecule has 118 valence electrons. The molecular weight excluding hydrogens is 344 g/mol. The van der Waals surface area contributed by atoms with Crippen molar-refractivity contribution in [3.8, 4) is 0 Å². The Hall–Kier alpha value is -0.740. The van der Waals surface area contributed by atoms with E-state index >= 15 is 0 Å². The van der Waals surface area contributed by atoms with E-state index in [1.165, 1.54) is 6.08 Å². The summed E-state index contributed by atoms with van der Waals surface area (Å²) >= 11 is 3.39. The molecule has 0 radical (unpaired) electrons. The molecule has 4 aliphatic rings. The minimum atomic E-state index is -0.997. The molecule has 0 bridgehead atoms. The molecule has 1 unspecified atom stereocenters. The van der Waals surface area contributed by atoms with Crippen molar-refractivity contribution in [1.29, 1.82) is 0 Å². The summed E-state index contributed by atoms with van der Waals surface area (Å²) in [6, 6.07) is 0. The van der Waals surface area contributed by atoms with E-state index in [1.807, 2.05) is 0 Å². The molecule has 0 spiro atoms. The summed E-state index contributed by atoms with van der Waals surface area (Å²) in [5.41, 5.74) is -0.318. The Balaban J connectivity index is 1.75. The molecule has 4 rings (SSSR count). The van der Waals surface area contributed by atoms with E-state index in [-0.39, 0.29) is 17.1 Å². The molecule has 3 nitrogen and oxygen atoms in total. The third-order valence-electron chi connectivity index (χ3n) is 6.89. The summed E-state index contributed by atoms with van der Waals surface area (Å²) in [5, 5.41) is 11.3. The Morgan fingerprint density at radius 2 is 1.95 bits per heavy atom. The second-order valence-corrected chi connectivity index (χ2v) is 8.44. The number of rotatable bonds is 0. The van der Waals surface area contributed by atoms with Crippen molar-refractivity contribution in [2.24, 2.45) is 23.2 Å². The van der Waals surface area contributed by atoms with Crippen molar-refractivity contribution in [2.45, 2.75) is 51.0 Å². The summed E-state index contributed by atoms with van der Waals surface area (Å²) in [6.07, 6.45) is 8.34. The van der Waals surface area contributed by atoms with Gasteiger partial charge in [0.2, 0.25) is 0 Å². The molecule has 1 N–H and O–H groups in total. The standard InChI is InChI=1S/C18H21BrO3/c1-17-8-6-12-10(11(17)4-5-15(17)21)2-3-13-16(19)14(20)7-9-18(12,13)22/h7,9-12,22H,2-6,8H2,1H3/t10-,11-,12?,17-,18-/m0/s1. The molecule has 0 aromatic carbocycles. The zero-order chi connectivity index (χ0) is 15.7. The Kier molecular flexibility index (Phi) is 3.12. The third-order valence-corrected chi connectivity index (χ3v) is 7.76. The Morgan fingerprint density at radius 3 is 2.73 bits per heavy atom. The Morgan fingerprint density at radius 1 is 1.18 bits per heavy atom. The number of ketones is 2. The van der Waals surface area contributed by atoms with Gasteiger partial charge in [-0.05, 0) is 83.5 Å². The lowest BCUT2D eigenvalue weighted by Crippen LogP contribution is -2.54. The van der Waals surface area contributed by atoms with Gasteiger partial charge in [-0.1, -0.05) is 6.92 Å². The number of halogens is 1. The molecule has 3 fully saturated rings. The molecule has 3 saturated carbocycles. The van der Waals surface area contributed by atoms with Crippen molar-refractivity contribution >= 4 is 27.5 Å². The van der Waals surface area contributed by atoms with Crippen LogP contribution in [0.1, 0.15) is 45.4 Å². The first-order valence-electron chi connectivity index (χ1n) is 8.26. The molecule has 4 heteroatoms. The fourth-order valence-corrected chi connectivity index (χ4v) is 6.32. The van der Waals surface area contributed by atoms with Crippen LogP contribution in [0.15, 0.2) is 22.2 Å². The van der Waals surface area contributed by atoms with E-state index in [0.29, 0.717) is 28.5 Å². The molecule has 4 aliphatic carbocycles. The highest BCUT2D eigenvalue weighted by molar-refractivity contribution is 9.12. The molecule has 0 saturated heterocycles. The van der Waals surface area contributed by atoms with Gasteiger partial charge in [0.25, 0.3) is 0 Å². The number of carbonyl (C=O) groups excluding carboxylic acids is 2. The average molecular weight is 365 g/mol. The summed E-state index contributed by atoms with van der Waals surface area (Å²) < 4.78 is 0.548. The van der Waals surface area contributed by atoms with Crippen molar-refractivity contribution in [2.75, 3.05) is 0 Å². The maximum absolute atomic E-state index is 12.3. The topological polar surface area (TPSA) is 54.4 Å². The minimum absolute atomic E-state index is 0.0465. The summed E-state index contributed by atoms with van der Waals surface area (Å²) in [4.78, 5) is 24.2. The molecule has 0 aromatic rings. The predicted molar refractivity (Wildman–Crippen MR) is 86.3 cm³/mol. The molecule has 0 heterocycles. The zero-order valence-electron chi connectivity index (χ0n) is 12.8. The average Bonchev–Trinajstić information content (AvgIpc) is 2.79. The first-order chi connectivity index (χ1) is 10.4. The summed E-state index contributed by atoms with van der Waals surface area (Å²) in [7, 11) is 0. The fourth-order valence-electron chi connectivity index (χ4n) is 5.68. The third kappa shape index (κ3) is 1.71. The number of fused-ring (bicyclic) bond motifs is 5. The van der Waals surface area contributed by atoms with Gasteiger partial charge in [0.05, 0.1) is 4.48 Å². The number of hydrogen-bond acceptors (Lipinski definition) is 3. The molecule has 0 aromatic heterocycles. The lowest BCUT2D eigenvalue weighted by molar-refractivity contribution is -0.134. The van der Waals surface area contributed by atoms with Gasteiger partial charge in [-0.25, -0.2) is 0 Å². The molecule has 22 heavy (non-hydrogen) atoms. The van der Waals surface area contributed by atoms with Gasteiger partial charge >= 0.3 is 0 Å². The largest absolute Gasteiger partial charge is 0.381 e. The van der Waals surface area contributed by atoms with Crippen LogP contribution in [0.5, 0.6) is 0 Å². The minimum Gasteiger partial charge on any atom is -0.381 e. The zero-order valence-corrected chi connectivity index (χ0v) is 14.4. The van der Waals surface area contributed by atoms with Crippen molar-refractivity contribution in [3.05, 3.63) is 22.2 Å². The van der Waals surface area contributed by atoms with Crippen LogP contribution in [0.3, 0.4) is 0 Å². The number of Topliss-reactive ketones (excluding diaryl/α,β-unsaturated/α-hetero) is 1. The molecule has 5 atom stereocenters. The summed E-state index contributed by atoms with van der Waals surface area (Å²) in [6.45, 7) is 2.13. The number of aliphatic hydroxyl groups is 1. The summed E-state index contributed by atoms with van der Waals surface area (Å²) in [5.74, 6) is 1.29. The van der Waals surface area contributed by atoms with Gasteiger partial charge in [0, 0.05) is 11.8 Å². The van der Waals surface area contributed by atoms with Gasteiger partial charge in [0.1, 0.15) is 11.4 Å². The van der Waals surface area contributed by atoms with Gasteiger partial charge in [-0.2, -0.15) is 0 Å². The van der Waals surface area contributed by atoms with Crippen LogP contribution >= 0.6 is 15.9 Å². The second kappa shape index (κ2) is 4.64. The van der Waals surface area contributed by atoms with Gasteiger partial charge in [-0.3, -0.25) is 9.59 Å². The van der Waals surface area contributed by atoms with Crippen LogP contribution in [0.25, 0.3) is 0 Å². The van der Waals surface area contributed by atoms with E-state index in [4.69, 9.17) is 0 Å². The highest BCUT2D eigenvalue weighted by Crippen LogP contribution is 2.61. The fraction of sp³-hybridized carbons (Fsp3) is 0.667. The normalized spacial score (nSPS) is 47.3. The predicted octanol–water partition coefficient (Wildman–Crippen LogP) is 3.31. The SMILES string of the molecule is C[C@]12CCC3[C@@H](CCC4=C(Br)C(=O)C=C[C@@]43O)[C@@H]1CCC2=O. The van der Waals surface area contributed by atoms with Crippen LogP contribution in [0.4, 0.5) is 0 Å². The van der Waals surface area contributed by atoms with Crippen LogP contribution in [-0.2, 0) is 9.59 Å². The number of carbonyl (C=O) groups is 2. The first kappa shape index (κ1) is 14.8. The van der Waals surface area contributed by atoms with E-state index in [1.54, 1.807) is 6.08 Å². The van der Waals surface area contributed by atoms with Crippen LogP contribution in [0, 0.1) is 23.2 Å². The maximum atomic E-state index is 12.3. The van der Waals surface area contributed by atoms with Crippen molar-refractivity contribution < 1.29 is 14.7 Å². The van der Waals surface area contributed by atoms with Crippen molar-refractivity contribution in [1.82, 2.24) is 0 Å². The van der Waals surface area contributed by atoms with Gasteiger partial charge in [-0.15, -0.1) is 0 Å². The lowest BCUT2D eigenvalue weighted by Gasteiger charge is -2.54. The lowest BCUT2D eigenvalue weighted by atomic mass is 9.51. The van der Waals surface area contributed by atoms with Crippen molar-refractivity contribution in [3.63, 3.8) is 0 Å². The Bertz CT molecular complexity index is 634. The van der Waals surface area contributed by atoms with E-state index in [0.717, 1.165) is 37.7 Å². The van der Waals surface area contributed by atoms with Crippen LogP contribution in [0.2, 0.25) is 0 Å². The second-order valence-electron chi connectivity index (χ2n) is 7.65. The number of hydrogen-bond donors (Lipinski definition) is 1. The quantitative estimate of drug-likeness (QED) is 0.717. The van der Waals surface area contributed by atoms with Crippen LogP contribution in [-0.4, -0.2) is 22.3 Å². The molecular formula is C18H21BrO3. The van der Waals surface area contributed by atoms with E-state index in [2.05, 4.69) is 22.9 Å². The monoisotopic (exact) mass is 364 g/mol. The van der Waals surface area contributed by atoms with E-state index in [9.17, 15) is 14.7 Å². The Labute approximate surface area is 139 Å². The smallest absolute Gasteiger partial charge is 0.192 e. The van der Waals surface area contributed by atoms with Gasteiger partial charge in [0.15, 0.2) is 5.78 Å². The highest BCUT2D eigenvalue weighted by Gasteiger charge is 2.59. The maximum Gasteiger partial charge on any atom is 0.192 e. The van der Waals surface area contributed by atoms with Gasteiger partial charge < -0.3 is 5.11 Å². The molecule has 0 aliphatic heterocycles. The van der Waals surface area contributed by atoms with Crippen LogP contribution < -0.4 is 0 Å². The first-order valence-corrected chi connectivity index (χ1v) is 9.05. The molecule has 0 amide bonds. The van der Waals surface area contributed by atoms with E-state index < -0.39 is 5.60 Å². The number of allylic oxidation sites excluding steroid dienone is 2. The highest BCUT2D eigenvalue weighted by atomic mass is 79.9.